The lowest BCUT2D eigenvalue weighted by Gasteiger charge is -2.34. The normalized spacial score (nSPS) is 18.4. The molecule has 3 aromatic rings. The number of anilines is 1. The molecule has 1 aliphatic heterocycles. The summed E-state index contributed by atoms with van der Waals surface area (Å²) in [6.45, 7) is 10.1. The minimum Gasteiger partial charge on any atom is -0.355 e. The average Bonchev–Trinajstić information content (AvgIpc) is 3.25. The molecular weight excluding hydrogens is 318 g/mol. The van der Waals surface area contributed by atoms with Crippen LogP contribution in [-0.2, 0) is 0 Å². The van der Waals surface area contributed by atoms with Crippen LogP contribution in [0, 0.1) is 13.8 Å². The molecular formula is C17H23N7O. The Morgan fingerprint density at radius 1 is 1.24 bits per heavy atom. The molecule has 4 rings (SSSR count). The highest BCUT2D eigenvalue weighted by Gasteiger charge is 2.28. The maximum Gasteiger partial charge on any atom is 0.254 e. The average molecular weight is 341 g/mol. The second-order valence-electron chi connectivity index (χ2n) is 7.05. The quantitative estimate of drug-likeness (QED) is 0.724. The molecule has 0 radical (unpaired) electrons. The molecule has 1 aliphatic rings. The third-order valence-electron chi connectivity index (χ3n) is 4.91. The van der Waals surface area contributed by atoms with Gasteiger partial charge in [0.2, 0.25) is 5.89 Å². The van der Waals surface area contributed by atoms with Gasteiger partial charge in [-0.1, -0.05) is 19.0 Å². The van der Waals surface area contributed by atoms with Crippen molar-refractivity contribution < 1.29 is 4.52 Å². The fraction of sp³-hybridized carbons (Fsp3) is 0.588. The van der Waals surface area contributed by atoms with Gasteiger partial charge in [-0.05, 0) is 26.7 Å². The second kappa shape index (κ2) is 6.09. The van der Waals surface area contributed by atoms with Crippen LogP contribution in [0.25, 0.3) is 5.78 Å². The summed E-state index contributed by atoms with van der Waals surface area (Å²) in [4.78, 5) is 15.7. The standard InChI is InChI=1S/C17H23N7O/c1-10(2)15-21-14(22-25-15)13-6-5-7-23(8-13)16-11(3)12(4)20-17-18-9-19-24(16)17/h9-10,13H,5-8H2,1-4H3. The maximum absolute atomic E-state index is 5.40. The summed E-state index contributed by atoms with van der Waals surface area (Å²) in [7, 11) is 0. The zero-order chi connectivity index (χ0) is 17.6. The molecule has 4 heterocycles. The van der Waals surface area contributed by atoms with Crippen LogP contribution in [-0.4, -0.2) is 42.8 Å². The van der Waals surface area contributed by atoms with Crippen molar-refractivity contribution in [2.75, 3.05) is 18.0 Å². The van der Waals surface area contributed by atoms with Gasteiger partial charge in [0, 0.05) is 36.2 Å². The smallest absolute Gasteiger partial charge is 0.254 e. The Hall–Kier alpha value is -2.51. The monoisotopic (exact) mass is 341 g/mol. The van der Waals surface area contributed by atoms with Crippen LogP contribution in [0.3, 0.4) is 0 Å². The summed E-state index contributed by atoms with van der Waals surface area (Å²) in [5, 5.41) is 8.59. The van der Waals surface area contributed by atoms with Gasteiger partial charge in [0.15, 0.2) is 5.82 Å². The highest BCUT2D eigenvalue weighted by atomic mass is 16.5. The van der Waals surface area contributed by atoms with E-state index in [1.165, 1.54) is 0 Å². The van der Waals surface area contributed by atoms with Gasteiger partial charge in [0.05, 0.1) is 0 Å². The Kier molecular flexibility index (Phi) is 3.89. The molecule has 0 N–H and O–H groups in total. The zero-order valence-corrected chi connectivity index (χ0v) is 15.1. The largest absolute Gasteiger partial charge is 0.355 e. The Morgan fingerprint density at radius 3 is 2.84 bits per heavy atom. The highest BCUT2D eigenvalue weighted by molar-refractivity contribution is 5.54. The van der Waals surface area contributed by atoms with E-state index in [4.69, 9.17) is 4.52 Å². The van der Waals surface area contributed by atoms with Gasteiger partial charge >= 0.3 is 0 Å². The fourth-order valence-electron chi connectivity index (χ4n) is 3.41. The molecule has 25 heavy (non-hydrogen) atoms. The lowest BCUT2D eigenvalue weighted by atomic mass is 9.97. The Labute approximate surface area is 146 Å². The van der Waals surface area contributed by atoms with E-state index in [-0.39, 0.29) is 11.8 Å². The van der Waals surface area contributed by atoms with E-state index in [0.29, 0.717) is 11.7 Å². The molecule has 0 aliphatic carbocycles. The molecule has 1 atom stereocenters. The molecule has 8 heteroatoms. The number of hydrogen-bond acceptors (Lipinski definition) is 7. The molecule has 0 amide bonds. The summed E-state index contributed by atoms with van der Waals surface area (Å²) < 4.78 is 7.24. The number of piperidine rings is 1. The number of nitrogens with zero attached hydrogens (tertiary/aromatic N) is 7. The van der Waals surface area contributed by atoms with E-state index in [1.807, 2.05) is 11.4 Å². The Balaban J connectivity index is 1.67. The van der Waals surface area contributed by atoms with Crippen LogP contribution in [0.5, 0.6) is 0 Å². The molecule has 3 aromatic heterocycles. The first-order valence-corrected chi connectivity index (χ1v) is 8.80. The van der Waals surface area contributed by atoms with Gasteiger partial charge in [0.1, 0.15) is 12.1 Å². The predicted octanol–water partition coefficient (Wildman–Crippen LogP) is 2.63. The minimum absolute atomic E-state index is 0.251. The summed E-state index contributed by atoms with van der Waals surface area (Å²) in [6, 6.07) is 0. The van der Waals surface area contributed by atoms with E-state index in [0.717, 1.165) is 48.8 Å². The number of aromatic nitrogens is 6. The van der Waals surface area contributed by atoms with Crippen molar-refractivity contribution >= 4 is 11.6 Å². The summed E-state index contributed by atoms with van der Waals surface area (Å²) >= 11 is 0. The van der Waals surface area contributed by atoms with E-state index >= 15 is 0 Å². The van der Waals surface area contributed by atoms with E-state index < -0.39 is 0 Å². The van der Waals surface area contributed by atoms with Gasteiger partial charge in [-0.15, -0.1) is 0 Å². The van der Waals surface area contributed by atoms with E-state index in [9.17, 15) is 0 Å². The van der Waals surface area contributed by atoms with Crippen molar-refractivity contribution in [2.24, 2.45) is 0 Å². The van der Waals surface area contributed by atoms with Crippen molar-refractivity contribution in [3.8, 4) is 0 Å². The first kappa shape index (κ1) is 16.0. The molecule has 1 unspecified atom stereocenters. The van der Waals surface area contributed by atoms with E-state index in [1.54, 1.807) is 6.33 Å². The minimum atomic E-state index is 0.251. The topological polar surface area (TPSA) is 85.2 Å². The lowest BCUT2D eigenvalue weighted by Crippen LogP contribution is -2.36. The SMILES string of the molecule is Cc1nc2ncnn2c(N2CCCC(c3noc(C(C)C)n3)C2)c1C. The third-order valence-corrected chi connectivity index (χ3v) is 4.91. The molecule has 132 valence electrons. The van der Waals surface area contributed by atoms with Crippen LogP contribution in [0.1, 0.15) is 61.5 Å². The van der Waals surface area contributed by atoms with Crippen molar-refractivity contribution in [3.63, 3.8) is 0 Å². The van der Waals surface area contributed by atoms with Crippen molar-refractivity contribution in [1.82, 2.24) is 29.7 Å². The number of fused-ring (bicyclic) bond motifs is 1. The Morgan fingerprint density at radius 2 is 2.08 bits per heavy atom. The van der Waals surface area contributed by atoms with Gasteiger partial charge in [-0.25, -0.2) is 4.98 Å². The van der Waals surface area contributed by atoms with Gasteiger partial charge in [0.25, 0.3) is 5.78 Å². The lowest BCUT2D eigenvalue weighted by molar-refractivity contribution is 0.354. The number of hydrogen-bond donors (Lipinski definition) is 0. The van der Waals surface area contributed by atoms with Gasteiger partial charge < -0.3 is 9.42 Å². The van der Waals surface area contributed by atoms with E-state index in [2.05, 4.69) is 50.9 Å². The molecule has 0 bridgehead atoms. The van der Waals surface area contributed by atoms with Crippen LogP contribution in [0.2, 0.25) is 0 Å². The molecule has 0 aromatic carbocycles. The van der Waals surface area contributed by atoms with Gasteiger partial charge in [-0.3, -0.25) is 0 Å². The first-order valence-electron chi connectivity index (χ1n) is 8.80. The zero-order valence-electron chi connectivity index (χ0n) is 15.1. The molecule has 8 nitrogen and oxygen atoms in total. The van der Waals surface area contributed by atoms with Crippen LogP contribution in [0.4, 0.5) is 5.82 Å². The van der Waals surface area contributed by atoms with Crippen LogP contribution in [0.15, 0.2) is 10.9 Å². The fourth-order valence-corrected chi connectivity index (χ4v) is 3.41. The number of rotatable bonds is 3. The summed E-state index contributed by atoms with van der Waals surface area (Å²) in [5.74, 6) is 3.74. The molecule has 0 spiro atoms. The number of aryl methyl sites for hydroxylation is 1. The van der Waals surface area contributed by atoms with Crippen molar-refractivity contribution in [2.45, 2.75) is 52.4 Å². The first-order chi connectivity index (χ1) is 12.0. The predicted molar refractivity (Wildman–Crippen MR) is 92.8 cm³/mol. The third kappa shape index (κ3) is 2.75. The van der Waals surface area contributed by atoms with Crippen LogP contribution >= 0.6 is 0 Å². The molecule has 0 saturated carbocycles. The molecule has 1 fully saturated rings. The summed E-state index contributed by atoms with van der Waals surface area (Å²) in [5.41, 5.74) is 2.12. The highest BCUT2D eigenvalue weighted by Crippen LogP contribution is 2.31. The van der Waals surface area contributed by atoms with Gasteiger partial charge in [-0.2, -0.15) is 19.6 Å². The molecule has 1 saturated heterocycles. The Bertz CT molecular complexity index is 898. The second-order valence-corrected chi connectivity index (χ2v) is 7.05. The summed E-state index contributed by atoms with van der Waals surface area (Å²) in [6.07, 6.45) is 3.70. The van der Waals surface area contributed by atoms with Crippen LogP contribution < -0.4 is 4.90 Å². The maximum atomic E-state index is 5.40. The van der Waals surface area contributed by atoms with Crippen molar-refractivity contribution in [1.29, 1.82) is 0 Å². The van der Waals surface area contributed by atoms with Crippen molar-refractivity contribution in [3.05, 3.63) is 29.3 Å².